The van der Waals surface area contributed by atoms with Gasteiger partial charge in [-0.15, -0.1) is 0 Å². The van der Waals surface area contributed by atoms with Crippen LogP contribution in [0.15, 0.2) is 48.5 Å². The van der Waals surface area contributed by atoms with Crippen molar-refractivity contribution in [3.8, 4) is 11.5 Å². The van der Waals surface area contributed by atoms with Crippen molar-refractivity contribution in [1.29, 1.82) is 0 Å². The van der Waals surface area contributed by atoms with Crippen LogP contribution in [-0.4, -0.2) is 44.3 Å². The number of hydrogen-bond acceptors (Lipinski definition) is 6. The van der Waals surface area contributed by atoms with Crippen LogP contribution in [0.4, 0.5) is 0 Å². The smallest absolute Gasteiger partial charge is 0.163 e. The molecular weight excluding hydrogens is 368 g/mol. The molecule has 0 saturated carbocycles. The molecule has 4 atom stereocenters. The van der Waals surface area contributed by atoms with Gasteiger partial charge in [0, 0.05) is 12.1 Å². The average Bonchev–Trinajstić information content (AvgIpc) is 3.04. The second kappa shape index (κ2) is 9.13. The number of rotatable bonds is 8. The molecule has 0 amide bonds. The number of benzene rings is 2. The van der Waals surface area contributed by atoms with Crippen LogP contribution in [-0.2, 0) is 22.3 Å². The van der Waals surface area contributed by atoms with Gasteiger partial charge in [-0.1, -0.05) is 24.3 Å². The first-order valence-electron chi connectivity index (χ1n) is 9.94. The van der Waals surface area contributed by atoms with Crippen LogP contribution in [0.25, 0.3) is 0 Å². The third kappa shape index (κ3) is 5.48. The van der Waals surface area contributed by atoms with Crippen LogP contribution in [0.3, 0.4) is 0 Å². The summed E-state index contributed by atoms with van der Waals surface area (Å²) < 4.78 is 23.0. The minimum absolute atomic E-state index is 0.259. The molecule has 158 valence electrons. The van der Waals surface area contributed by atoms with Gasteiger partial charge in [-0.2, -0.15) is 0 Å². The Hall–Kier alpha value is -2.12. The minimum atomic E-state index is -0.729. The fourth-order valence-corrected chi connectivity index (χ4v) is 3.85. The van der Waals surface area contributed by atoms with Crippen molar-refractivity contribution in [3.05, 3.63) is 59.7 Å². The Balaban J connectivity index is 1.73. The molecule has 0 radical (unpaired) electrons. The van der Waals surface area contributed by atoms with Crippen LogP contribution < -0.4 is 20.9 Å². The summed E-state index contributed by atoms with van der Waals surface area (Å²) in [6.07, 6.45) is 0.668. The van der Waals surface area contributed by atoms with E-state index in [-0.39, 0.29) is 24.3 Å². The zero-order chi connectivity index (χ0) is 21.0. The van der Waals surface area contributed by atoms with E-state index >= 15 is 0 Å². The molecule has 0 aromatic heterocycles. The standard InChI is InChI=1S/C23H32N2O4/c1-23(2)28-21(19(24)13-15-7-5-9-17(11-15)26-3)22(29-23)20(25)14-16-8-6-10-18(12-16)27-4/h5-12,19-22H,13-14,24-25H2,1-4H3/t19-,20-,21+,22+/m1/s1. The van der Waals surface area contributed by atoms with Crippen LogP contribution in [0.5, 0.6) is 11.5 Å². The van der Waals surface area contributed by atoms with Crippen molar-refractivity contribution >= 4 is 0 Å². The van der Waals surface area contributed by atoms with Crippen LogP contribution in [0.1, 0.15) is 25.0 Å². The Bertz CT molecular complexity index is 745. The highest BCUT2D eigenvalue weighted by Crippen LogP contribution is 2.33. The van der Waals surface area contributed by atoms with Crippen molar-refractivity contribution in [1.82, 2.24) is 0 Å². The SMILES string of the molecule is COc1cccc(C[C@@H](N)[C@@H]2OC(C)(C)O[C@H]2[C@H](N)Cc2cccc(OC)c2)c1. The fraction of sp³-hybridized carbons (Fsp3) is 0.478. The first-order valence-corrected chi connectivity index (χ1v) is 9.94. The average molecular weight is 401 g/mol. The molecule has 1 saturated heterocycles. The molecule has 29 heavy (non-hydrogen) atoms. The zero-order valence-corrected chi connectivity index (χ0v) is 17.6. The molecule has 0 aliphatic carbocycles. The second-order valence-electron chi connectivity index (χ2n) is 8.00. The van der Waals surface area contributed by atoms with E-state index in [1.165, 1.54) is 0 Å². The van der Waals surface area contributed by atoms with Gasteiger partial charge in [0.15, 0.2) is 5.79 Å². The van der Waals surface area contributed by atoms with Crippen molar-refractivity contribution in [2.75, 3.05) is 14.2 Å². The molecule has 1 aliphatic heterocycles. The predicted molar refractivity (Wildman–Crippen MR) is 113 cm³/mol. The first-order chi connectivity index (χ1) is 13.8. The van der Waals surface area contributed by atoms with Gasteiger partial charge in [0.2, 0.25) is 0 Å². The molecule has 0 spiro atoms. The van der Waals surface area contributed by atoms with Crippen molar-refractivity contribution in [3.63, 3.8) is 0 Å². The predicted octanol–water partition coefficient (Wildman–Crippen LogP) is 2.66. The lowest BCUT2D eigenvalue weighted by atomic mass is 9.92. The van der Waals surface area contributed by atoms with E-state index in [9.17, 15) is 0 Å². The molecule has 4 N–H and O–H groups in total. The summed E-state index contributed by atoms with van der Waals surface area (Å²) in [5.41, 5.74) is 15.3. The Kier molecular flexibility index (Phi) is 6.80. The molecular formula is C23H32N2O4. The quantitative estimate of drug-likeness (QED) is 0.708. The highest BCUT2D eigenvalue weighted by atomic mass is 16.8. The minimum Gasteiger partial charge on any atom is -0.497 e. The summed E-state index contributed by atoms with van der Waals surface area (Å²) in [4.78, 5) is 0. The summed E-state index contributed by atoms with van der Waals surface area (Å²) >= 11 is 0. The molecule has 2 aromatic rings. The summed E-state index contributed by atoms with van der Waals surface area (Å²) in [7, 11) is 3.31. The van der Waals surface area contributed by atoms with Crippen molar-refractivity contribution in [2.24, 2.45) is 11.5 Å². The molecule has 0 unspecified atom stereocenters. The van der Waals surface area contributed by atoms with E-state index in [4.69, 9.17) is 30.4 Å². The maximum absolute atomic E-state index is 6.57. The van der Waals surface area contributed by atoms with E-state index in [1.807, 2.05) is 62.4 Å². The molecule has 1 heterocycles. The van der Waals surface area contributed by atoms with E-state index in [0.29, 0.717) is 12.8 Å². The van der Waals surface area contributed by atoms with Crippen LogP contribution >= 0.6 is 0 Å². The summed E-state index contributed by atoms with van der Waals surface area (Å²) in [6.45, 7) is 3.80. The summed E-state index contributed by atoms with van der Waals surface area (Å²) in [5.74, 6) is 0.891. The van der Waals surface area contributed by atoms with E-state index in [1.54, 1.807) is 14.2 Å². The molecule has 6 heteroatoms. The Labute approximate surface area is 173 Å². The molecule has 0 bridgehead atoms. The monoisotopic (exact) mass is 400 g/mol. The van der Waals surface area contributed by atoms with Gasteiger partial charge in [0.05, 0.1) is 14.2 Å². The maximum atomic E-state index is 6.57. The van der Waals surface area contributed by atoms with Gasteiger partial charge in [-0.3, -0.25) is 0 Å². The van der Waals surface area contributed by atoms with Gasteiger partial charge in [-0.25, -0.2) is 0 Å². The lowest BCUT2D eigenvalue weighted by Crippen LogP contribution is -2.51. The third-order valence-corrected chi connectivity index (χ3v) is 5.22. The summed E-state index contributed by atoms with van der Waals surface area (Å²) in [5, 5.41) is 0. The number of methoxy groups -OCH3 is 2. The highest BCUT2D eigenvalue weighted by Gasteiger charge is 2.46. The second-order valence-corrected chi connectivity index (χ2v) is 8.00. The van der Waals surface area contributed by atoms with Gasteiger partial charge in [0.1, 0.15) is 23.7 Å². The zero-order valence-electron chi connectivity index (χ0n) is 17.6. The third-order valence-electron chi connectivity index (χ3n) is 5.22. The topological polar surface area (TPSA) is 89.0 Å². The van der Waals surface area contributed by atoms with Crippen molar-refractivity contribution < 1.29 is 18.9 Å². The van der Waals surface area contributed by atoms with E-state index in [0.717, 1.165) is 22.6 Å². The Morgan fingerprint density at radius 3 is 1.62 bits per heavy atom. The lowest BCUT2D eigenvalue weighted by Gasteiger charge is -2.27. The van der Waals surface area contributed by atoms with Gasteiger partial charge in [-0.05, 0) is 62.1 Å². The lowest BCUT2D eigenvalue weighted by molar-refractivity contribution is -0.149. The number of nitrogens with two attached hydrogens (primary N) is 2. The molecule has 2 aromatic carbocycles. The van der Waals surface area contributed by atoms with Gasteiger partial charge < -0.3 is 30.4 Å². The normalized spacial score (nSPS) is 22.8. The van der Waals surface area contributed by atoms with Gasteiger partial charge >= 0.3 is 0 Å². The molecule has 1 fully saturated rings. The van der Waals surface area contributed by atoms with E-state index < -0.39 is 5.79 Å². The Morgan fingerprint density at radius 1 is 0.828 bits per heavy atom. The summed E-state index contributed by atoms with van der Waals surface area (Å²) in [6, 6.07) is 15.3. The molecule has 3 rings (SSSR count). The molecule has 1 aliphatic rings. The highest BCUT2D eigenvalue weighted by molar-refractivity contribution is 5.30. The van der Waals surface area contributed by atoms with Crippen LogP contribution in [0, 0.1) is 0 Å². The van der Waals surface area contributed by atoms with Crippen LogP contribution in [0.2, 0.25) is 0 Å². The van der Waals surface area contributed by atoms with Crippen molar-refractivity contribution in [2.45, 2.75) is 56.8 Å². The molecule has 6 nitrogen and oxygen atoms in total. The number of hydrogen-bond donors (Lipinski definition) is 2. The van der Waals surface area contributed by atoms with E-state index in [2.05, 4.69) is 0 Å². The largest absolute Gasteiger partial charge is 0.497 e. The maximum Gasteiger partial charge on any atom is 0.163 e. The first kappa shape index (κ1) is 21.6. The fourth-order valence-electron chi connectivity index (χ4n) is 3.85. The van der Waals surface area contributed by atoms with Gasteiger partial charge in [0.25, 0.3) is 0 Å². The number of ether oxygens (including phenoxy) is 4. The Morgan fingerprint density at radius 2 is 1.24 bits per heavy atom.